The van der Waals surface area contributed by atoms with Crippen molar-refractivity contribution in [3.8, 4) is 11.4 Å². The van der Waals surface area contributed by atoms with Crippen molar-refractivity contribution in [1.29, 1.82) is 0 Å². The molecule has 0 amide bonds. The molecule has 0 radical (unpaired) electrons. The van der Waals surface area contributed by atoms with Gasteiger partial charge in [0.15, 0.2) is 0 Å². The number of hydrogen-bond acceptors (Lipinski definition) is 2. The minimum Gasteiger partial charge on any atom is -0.399 e. The van der Waals surface area contributed by atoms with Gasteiger partial charge in [0.05, 0.1) is 22.1 Å². The predicted octanol–water partition coefficient (Wildman–Crippen LogP) is 13.0. The summed E-state index contributed by atoms with van der Waals surface area (Å²) in [6.07, 6.45) is 0. The molecule has 1 aliphatic rings. The largest absolute Gasteiger partial charge is 0.399 e. The van der Waals surface area contributed by atoms with Crippen LogP contribution in [0.15, 0.2) is 176 Å². The maximum Gasteiger partial charge on any atom is 0.0549 e. The van der Waals surface area contributed by atoms with Gasteiger partial charge >= 0.3 is 0 Å². The van der Waals surface area contributed by atoms with Crippen molar-refractivity contribution >= 4 is 70.8 Å². The summed E-state index contributed by atoms with van der Waals surface area (Å²) in [5.41, 5.74) is 24.7. The van der Waals surface area contributed by atoms with Gasteiger partial charge in [0.1, 0.15) is 0 Å². The summed E-state index contributed by atoms with van der Waals surface area (Å²) in [6.45, 7) is 7.41. The average Bonchev–Trinajstić information content (AvgIpc) is 3.85. The van der Waals surface area contributed by atoms with Gasteiger partial charge in [0, 0.05) is 50.6 Å². The smallest absolute Gasteiger partial charge is 0.0549 e. The van der Waals surface area contributed by atoms with Gasteiger partial charge in [-0.25, -0.2) is 0 Å². The maximum absolute atomic E-state index is 5.99. The zero-order valence-corrected chi connectivity index (χ0v) is 32.5. The Morgan fingerprint density at radius 2 is 0.895 bits per heavy atom. The molecule has 0 fully saturated rings. The highest BCUT2D eigenvalue weighted by Crippen LogP contribution is 2.54. The molecular weight excluding hydrogens is 693 g/mol. The zero-order valence-electron chi connectivity index (χ0n) is 32.5. The number of hydrogen-bond donors (Lipinski definition) is 2. The second-order valence-corrected chi connectivity index (χ2v) is 15.7. The van der Waals surface area contributed by atoms with Gasteiger partial charge in [-0.15, -0.1) is 0 Å². The first kappa shape index (κ1) is 34.6. The Morgan fingerprint density at radius 1 is 0.421 bits per heavy atom. The molecule has 0 atom stereocenters. The van der Waals surface area contributed by atoms with Crippen LogP contribution in [0.3, 0.4) is 0 Å². The molecule has 4 N–H and O–H groups in total. The maximum atomic E-state index is 5.99. The van der Waals surface area contributed by atoms with Gasteiger partial charge in [0.25, 0.3) is 0 Å². The summed E-state index contributed by atoms with van der Waals surface area (Å²) in [6, 6.07) is 62.6. The van der Waals surface area contributed by atoms with Gasteiger partial charge in [-0.2, -0.15) is 0 Å². The third-order valence-electron chi connectivity index (χ3n) is 12.0. The van der Waals surface area contributed by atoms with Crippen LogP contribution in [0.4, 0.5) is 5.69 Å². The van der Waals surface area contributed by atoms with E-state index in [2.05, 4.69) is 157 Å². The van der Waals surface area contributed by atoms with E-state index in [-0.39, 0.29) is 5.41 Å². The summed E-state index contributed by atoms with van der Waals surface area (Å²) in [4.78, 5) is 0. The van der Waals surface area contributed by atoms with E-state index in [4.69, 9.17) is 11.5 Å². The van der Waals surface area contributed by atoms with E-state index in [1.807, 2.05) is 48.5 Å². The molecule has 0 aliphatic heterocycles. The lowest BCUT2D eigenvalue weighted by atomic mass is 9.81. The molecule has 0 spiro atoms. The molecule has 2 heterocycles. The van der Waals surface area contributed by atoms with E-state index in [1.165, 1.54) is 87.5 Å². The highest BCUT2D eigenvalue weighted by Gasteiger charge is 2.36. The molecular formula is C53H44N4. The lowest BCUT2D eigenvalue weighted by Gasteiger charge is -2.22. The molecule has 2 aromatic heterocycles. The Labute approximate surface area is 332 Å². The number of nitrogen functional groups attached to an aromatic ring is 1. The highest BCUT2D eigenvalue weighted by atomic mass is 15.0. The van der Waals surface area contributed by atoms with Crippen LogP contribution in [0.25, 0.3) is 76.5 Å². The molecule has 0 unspecified atom stereocenters. The van der Waals surface area contributed by atoms with Crippen molar-refractivity contribution in [2.75, 3.05) is 5.73 Å². The Kier molecular flexibility index (Phi) is 8.14. The first-order valence-electron chi connectivity index (χ1n) is 19.8. The molecule has 4 heteroatoms. The predicted molar refractivity (Wildman–Crippen MR) is 243 cm³/mol. The van der Waals surface area contributed by atoms with E-state index in [0.29, 0.717) is 6.54 Å². The van der Waals surface area contributed by atoms with Gasteiger partial charge in [-0.1, -0.05) is 135 Å². The third-order valence-corrected chi connectivity index (χ3v) is 12.0. The number of para-hydroxylation sites is 2. The summed E-state index contributed by atoms with van der Waals surface area (Å²) >= 11 is 0. The number of anilines is 1. The van der Waals surface area contributed by atoms with Crippen molar-refractivity contribution in [1.82, 2.24) is 9.13 Å². The summed E-state index contributed by atoms with van der Waals surface area (Å²) in [5, 5.41) is 10.8. The van der Waals surface area contributed by atoms with Crippen molar-refractivity contribution < 1.29 is 0 Å². The first-order chi connectivity index (χ1) is 27.9. The van der Waals surface area contributed by atoms with E-state index >= 15 is 0 Å². The first-order valence-corrected chi connectivity index (χ1v) is 19.8. The van der Waals surface area contributed by atoms with E-state index in [9.17, 15) is 0 Å². The number of nitrogens with two attached hydrogens (primary N) is 2. The van der Waals surface area contributed by atoms with Crippen LogP contribution in [0.5, 0.6) is 0 Å². The van der Waals surface area contributed by atoms with Crippen LogP contribution < -0.4 is 11.5 Å². The van der Waals surface area contributed by atoms with Crippen LogP contribution >= 0.6 is 0 Å². The van der Waals surface area contributed by atoms with Gasteiger partial charge in [-0.3, -0.25) is 0 Å². The van der Waals surface area contributed by atoms with E-state index in [1.54, 1.807) is 0 Å². The Balaban J connectivity index is 0.000000240. The Morgan fingerprint density at radius 3 is 1.46 bits per heavy atom. The monoisotopic (exact) mass is 736 g/mol. The lowest BCUT2D eigenvalue weighted by molar-refractivity contribution is 0.663. The van der Waals surface area contributed by atoms with E-state index in [0.717, 1.165) is 16.9 Å². The lowest BCUT2D eigenvalue weighted by Crippen LogP contribution is -2.15. The molecule has 4 nitrogen and oxygen atoms in total. The van der Waals surface area contributed by atoms with Crippen molar-refractivity contribution in [3.63, 3.8) is 0 Å². The van der Waals surface area contributed by atoms with Crippen LogP contribution in [0.2, 0.25) is 0 Å². The molecule has 0 bridgehead atoms. The number of fused-ring (bicyclic) bond motifs is 1. The van der Waals surface area contributed by atoms with Crippen LogP contribution in [0, 0.1) is 6.92 Å². The summed E-state index contributed by atoms with van der Waals surface area (Å²) in [7, 11) is 0. The topological polar surface area (TPSA) is 61.9 Å². The molecule has 0 saturated carbocycles. The number of benzene rings is 8. The number of aromatic nitrogens is 2. The van der Waals surface area contributed by atoms with Gasteiger partial charge in [0.2, 0.25) is 0 Å². The molecule has 276 valence electrons. The Hall–Kier alpha value is -6.88. The number of rotatable bonds is 3. The average molecular weight is 737 g/mol. The van der Waals surface area contributed by atoms with E-state index < -0.39 is 0 Å². The minimum atomic E-state index is -0.0911. The fraction of sp³-hybridized carbons (Fsp3) is 0.0943. The summed E-state index contributed by atoms with van der Waals surface area (Å²) in [5.74, 6) is 0. The zero-order chi connectivity index (χ0) is 38.8. The molecule has 57 heavy (non-hydrogen) atoms. The minimum absolute atomic E-state index is 0.0911. The standard InChI is InChI=1S/C40H29N3.C7H8.C6H7N/c1-40(2)28-12-6-10-26-27-11-7-13-30-35(27)37-32(42(30)24-8-4-3-5-9-24)20-21-33-39(37)38-31(19-18-29(40)36(38)34(26)28)43(33)25-16-14-23(22-41)15-17-25;1-7-5-3-2-4-6-7;7-6-4-2-1-3-5-6/h3-21H,22,41H2,1-2H3;2-6H,1H3;1-5H,7H2. The number of nitrogens with zero attached hydrogens (tertiary/aromatic N) is 2. The SMILES string of the molecule is CC1(C)c2cccc3c4cccc5c4c4c6c7c(c1ccc7n(-c1ccc(CN)cc1)c6ccc4n5-c1ccccc1)c23.Cc1ccccc1.Nc1ccccc1. The second-order valence-electron chi connectivity index (χ2n) is 15.7. The van der Waals surface area contributed by atoms with Gasteiger partial charge in [-0.05, 0) is 106 Å². The fourth-order valence-electron chi connectivity index (χ4n) is 9.36. The molecule has 0 saturated heterocycles. The summed E-state index contributed by atoms with van der Waals surface area (Å²) < 4.78 is 4.93. The molecule has 11 aromatic rings. The van der Waals surface area contributed by atoms with Crippen LogP contribution in [-0.4, -0.2) is 9.13 Å². The molecule has 12 rings (SSSR count). The van der Waals surface area contributed by atoms with Crippen molar-refractivity contribution in [2.45, 2.75) is 32.7 Å². The second kappa shape index (κ2) is 13.4. The van der Waals surface area contributed by atoms with Crippen molar-refractivity contribution in [2.24, 2.45) is 5.73 Å². The third kappa shape index (κ3) is 5.32. The van der Waals surface area contributed by atoms with Crippen LogP contribution in [0.1, 0.15) is 36.1 Å². The van der Waals surface area contributed by atoms with Gasteiger partial charge < -0.3 is 20.6 Å². The highest BCUT2D eigenvalue weighted by molar-refractivity contribution is 6.40. The fourth-order valence-corrected chi connectivity index (χ4v) is 9.36. The molecule has 1 aliphatic carbocycles. The van der Waals surface area contributed by atoms with Crippen LogP contribution in [-0.2, 0) is 12.0 Å². The normalized spacial score (nSPS) is 12.8. The quantitative estimate of drug-likeness (QED) is 0.177. The Bertz CT molecular complexity index is 3190. The van der Waals surface area contributed by atoms with Crippen molar-refractivity contribution in [3.05, 3.63) is 198 Å². The number of aryl methyl sites for hydroxylation is 1. The molecule has 9 aromatic carbocycles.